The predicted octanol–water partition coefficient (Wildman–Crippen LogP) is 3.46. The van der Waals surface area contributed by atoms with Crippen LogP contribution in [0.4, 0.5) is 5.69 Å². The number of hydrogen-bond acceptors (Lipinski definition) is 5. The summed E-state index contributed by atoms with van der Waals surface area (Å²) in [5.41, 5.74) is 1.59. The van der Waals surface area contributed by atoms with Crippen LogP contribution in [-0.2, 0) is 20.9 Å². The lowest BCUT2D eigenvalue weighted by Crippen LogP contribution is -2.52. The Kier molecular flexibility index (Phi) is 6.78. The monoisotopic (exact) mass is 527 g/mol. The average molecular weight is 528 g/mol. The summed E-state index contributed by atoms with van der Waals surface area (Å²) in [5, 5.41) is 16.1. The van der Waals surface area contributed by atoms with Crippen molar-refractivity contribution in [1.29, 1.82) is 0 Å². The molecule has 5 atom stereocenters. The van der Waals surface area contributed by atoms with Gasteiger partial charge in [0.15, 0.2) is 0 Å². The number of benzene rings is 2. The Balaban J connectivity index is 1.44. The van der Waals surface area contributed by atoms with E-state index in [0.29, 0.717) is 30.1 Å². The van der Waals surface area contributed by atoms with Gasteiger partial charge in [-0.25, -0.2) is 0 Å². The molecule has 0 aliphatic carbocycles. The molecule has 2 aromatic carbocycles. The van der Waals surface area contributed by atoms with Gasteiger partial charge in [0.05, 0.1) is 16.6 Å². The van der Waals surface area contributed by atoms with Gasteiger partial charge >= 0.3 is 0 Å². The number of aliphatic hydroxyl groups is 1. The quantitative estimate of drug-likeness (QED) is 0.488. The van der Waals surface area contributed by atoms with E-state index in [2.05, 4.69) is 17.6 Å². The summed E-state index contributed by atoms with van der Waals surface area (Å²) in [5.74, 6) is -1.70. The fourth-order valence-electron chi connectivity index (χ4n) is 6.25. The van der Waals surface area contributed by atoms with Crippen molar-refractivity contribution in [2.24, 2.45) is 11.8 Å². The second-order valence-electron chi connectivity index (χ2n) is 10.0. The fourth-order valence-corrected chi connectivity index (χ4v) is 8.73. The summed E-state index contributed by atoms with van der Waals surface area (Å²) in [4.78, 5) is 42.8. The number of likely N-dealkylation sites (tertiary alicyclic amines) is 1. The van der Waals surface area contributed by atoms with Crippen LogP contribution in [-0.4, -0.2) is 56.4 Å². The number of nitrogens with one attached hydrogen (secondary N) is 2. The van der Waals surface area contributed by atoms with Gasteiger partial charge in [0.25, 0.3) is 0 Å². The van der Waals surface area contributed by atoms with Gasteiger partial charge in [-0.1, -0.05) is 41.9 Å². The van der Waals surface area contributed by atoms with Crippen LogP contribution < -0.4 is 10.6 Å². The standard InChI is InChI=1S/C27H30ClN3O4S/c1-26-12-13-27(36-26)21(20(26)23(33)29-16-17-6-3-2-4-7-17)25(35)31(14-5-15-32)22(27)24(34)30-19-10-8-18(28)9-11-19/h2-4,6-11,20-22,32H,5,12-16H2,1H3,(H,29,33)(H,30,34)/t20-,21+,22?,26+,27?/m1/s1. The lowest BCUT2D eigenvalue weighted by atomic mass is 9.66. The molecule has 190 valence electrons. The third-order valence-electron chi connectivity index (χ3n) is 7.79. The Labute approximate surface area is 220 Å². The number of carbonyl (C=O) groups excluding carboxylic acids is 3. The molecule has 9 heteroatoms. The van der Waals surface area contributed by atoms with Crippen molar-refractivity contribution in [1.82, 2.24) is 10.2 Å². The highest BCUT2D eigenvalue weighted by molar-refractivity contribution is 8.02. The third-order valence-corrected chi connectivity index (χ3v) is 10.0. The fraction of sp³-hybridized carbons (Fsp3) is 0.444. The Bertz CT molecular complexity index is 1160. The summed E-state index contributed by atoms with van der Waals surface area (Å²) >= 11 is 7.63. The number of amides is 3. The summed E-state index contributed by atoms with van der Waals surface area (Å²) < 4.78 is -1.12. The first kappa shape index (κ1) is 25.1. The highest BCUT2D eigenvalue weighted by Crippen LogP contribution is 2.71. The molecule has 3 amide bonds. The zero-order valence-corrected chi connectivity index (χ0v) is 21.6. The SMILES string of the molecule is C[C@@]12CCC3(S1)C(C(=O)Nc1ccc(Cl)cc1)N(CCCO)C(=O)[C@@H]3[C@@H]2C(=O)NCc1ccccc1. The molecule has 0 radical (unpaired) electrons. The molecule has 3 fully saturated rings. The van der Waals surface area contributed by atoms with E-state index in [0.717, 1.165) is 12.0 Å². The molecule has 36 heavy (non-hydrogen) atoms. The van der Waals surface area contributed by atoms with E-state index < -0.39 is 27.4 Å². The Hall–Kier alpha value is -2.55. The summed E-state index contributed by atoms with van der Waals surface area (Å²) in [7, 11) is 0. The Morgan fingerprint density at radius 3 is 2.53 bits per heavy atom. The maximum atomic E-state index is 13.9. The lowest BCUT2D eigenvalue weighted by Gasteiger charge is -2.34. The molecule has 3 heterocycles. The minimum Gasteiger partial charge on any atom is -0.396 e. The van der Waals surface area contributed by atoms with Gasteiger partial charge in [-0.3, -0.25) is 14.4 Å². The first-order valence-corrected chi connectivity index (χ1v) is 13.5. The van der Waals surface area contributed by atoms with Crippen LogP contribution in [0.15, 0.2) is 54.6 Å². The molecular weight excluding hydrogens is 498 g/mol. The largest absolute Gasteiger partial charge is 0.396 e. The van der Waals surface area contributed by atoms with Crippen LogP contribution in [0.5, 0.6) is 0 Å². The lowest BCUT2D eigenvalue weighted by molar-refractivity contribution is -0.140. The second-order valence-corrected chi connectivity index (χ2v) is 12.4. The van der Waals surface area contributed by atoms with E-state index in [1.807, 2.05) is 30.3 Å². The molecule has 7 nitrogen and oxygen atoms in total. The van der Waals surface area contributed by atoms with Crippen LogP contribution >= 0.6 is 23.4 Å². The molecule has 2 unspecified atom stereocenters. The van der Waals surface area contributed by atoms with Gasteiger partial charge in [0, 0.05) is 35.2 Å². The molecule has 3 saturated heterocycles. The number of nitrogens with zero attached hydrogens (tertiary/aromatic N) is 1. The molecule has 3 N–H and O–H groups in total. The van der Waals surface area contributed by atoms with Crippen molar-refractivity contribution in [2.75, 3.05) is 18.5 Å². The van der Waals surface area contributed by atoms with E-state index in [4.69, 9.17) is 11.6 Å². The maximum Gasteiger partial charge on any atom is 0.248 e. The first-order chi connectivity index (χ1) is 17.3. The molecule has 1 spiro atoms. The van der Waals surface area contributed by atoms with Gasteiger partial charge < -0.3 is 20.6 Å². The van der Waals surface area contributed by atoms with Crippen LogP contribution in [0.2, 0.25) is 5.02 Å². The van der Waals surface area contributed by atoms with Crippen LogP contribution in [0.25, 0.3) is 0 Å². The zero-order chi connectivity index (χ0) is 25.5. The predicted molar refractivity (Wildman–Crippen MR) is 141 cm³/mol. The van der Waals surface area contributed by atoms with E-state index in [1.165, 1.54) is 0 Å². The number of thioether (sulfide) groups is 1. The van der Waals surface area contributed by atoms with E-state index >= 15 is 0 Å². The number of halogens is 1. The zero-order valence-electron chi connectivity index (χ0n) is 20.1. The minimum absolute atomic E-state index is 0.0845. The van der Waals surface area contributed by atoms with Crippen molar-refractivity contribution in [2.45, 2.75) is 48.3 Å². The van der Waals surface area contributed by atoms with Gasteiger partial charge in [-0.15, -0.1) is 11.8 Å². The van der Waals surface area contributed by atoms with E-state index in [9.17, 15) is 19.5 Å². The Morgan fingerprint density at radius 2 is 1.83 bits per heavy atom. The van der Waals surface area contributed by atoms with Crippen LogP contribution in [0.3, 0.4) is 0 Å². The summed E-state index contributed by atoms with van der Waals surface area (Å²) in [6.07, 6.45) is 1.80. The first-order valence-electron chi connectivity index (χ1n) is 12.3. The van der Waals surface area contributed by atoms with Crippen molar-refractivity contribution >= 4 is 46.8 Å². The van der Waals surface area contributed by atoms with E-state index in [-0.39, 0.29) is 30.9 Å². The van der Waals surface area contributed by atoms with Crippen LogP contribution in [0.1, 0.15) is 31.7 Å². The number of rotatable bonds is 8. The normalized spacial score (nSPS) is 30.4. The molecule has 0 saturated carbocycles. The van der Waals surface area contributed by atoms with Gasteiger partial charge in [-0.2, -0.15) is 0 Å². The molecule has 5 rings (SSSR count). The van der Waals surface area contributed by atoms with E-state index in [1.54, 1.807) is 40.9 Å². The van der Waals surface area contributed by atoms with Gasteiger partial charge in [0.2, 0.25) is 17.7 Å². The molecule has 2 bridgehead atoms. The molecule has 2 aromatic rings. The molecule has 3 aliphatic heterocycles. The average Bonchev–Trinajstić information content (AvgIpc) is 3.44. The molecule has 3 aliphatic rings. The summed E-state index contributed by atoms with van der Waals surface area (Å²) in [6, 6.07) is 15.8. The van der Waals surface area contributed by atoms with Crippen molar-refractivity contribution in [3.63, 3.8) is 0 Å². The number of anilines is 1. The van der Waals surface area contributed by atoms with Gasteiger partial charge in [-0.05, 0) is 56.0 Å². The smallest absolute Gasteiger partial charge is 0.248 e. The minimum atomic E-state index is -0.726. The number of aliphatic hydroxyl groups excluding tert-OH is 1. The molecular formula is C27H30ClN3O4S. The summed E-state index contributed by atoms with van der Waals surface area (Å²) in [6.45, 7) is 2.62. The topological polar surface area (TPSA) is 98.7 Å². The highest BCUT2D eigenvalue weighted by atomic mass is 35.5. The Morgan fingerprint density at radius 1 is 1.11 bits per heavy atom. The highest BCUT2D eigenvalue weighted by Gasteiger charge is 2.76. The third kappa shape index (κ3) is 4.19. The maximum absolute atomic E-state index is 13.9. The number of fused-ring (bicyclic) bond motifs is 1. The number of carbonyl (C=O) groups is 3. The number of hydrogen-bond donors (Lipinski definition) is 3. The van der Waals surface area contributed by atoms with Crippen molar-refractivity contribution in [3.05, 3.63) is 65.2 Å². The van der Waals surface area contributed by atoms with Crippen molar-refractivity contribution in [3.8, 4) is 0 Å². The van der Waals surface area contributed by atoms with Crippen molar-refractivity contribution < 1.29 is 19.5 Å². The molecule has 0 aromatic heterocycles. The van der Waals surface area contributed by atoms with Crippen LogP contribution in [0, 0.1) is 11.8 Å². The van der Waals surface area contributed by atoms with Gasteiger partial charge in [0.1, 0.15) is 6.04 Å². The second kappa shape index (κ2) is 9.72.